The molecule has 0 radical (unpaired) electrons. The SMILES string of the molecule is CCC(CC)Oc1ccc(C(C)(C)C)cc1. The molecule has 0 spiro atoms. The van der Waals surface area contributed by atoms with Gasteiger partial charge in [0.2, 0.25) is 0 Å². The molecule has 0 saturated heterocycles. The molecule has 0 saturated carbocycles. The lowest BCUT2D eigenvalue weighted by atomic mass is 9.87. The van der Waals surface area contributed by atoms with E-state index in [1.807, 2.05) is 0 Å². The Bertz CT molecular complexity index is 301. The molecule has 0 unspecified atom stereocenters. The highest BCUT2D eigenvalue weighted by Crippen LogP contribution is 2.25. The van der Waals surface area contributed by atoms with E-state index in [0.29, 0.717) is 6.10 Å². The van der Waals surface area contributed by atoms with Gasteiger partial charge in [0.25, 0.3) is 0 Å². The Kier molecular flexibility index (Phi) is 4.40. The molecule has 0 N–H and O–H groups in total. The van der Waals surface area contributed by atoms with Crippen LogP contribution < -0.4 is 4.74 Å². The Morgan fingerprint density at radius 2 is 1.50 bits per heavy atom. The molecule has 0 fully saturated rings. The zero-order chi connectivity index (χ0) is 12.2. The van der Waals surface area contributed by atoms with Crippen molar-refractivity contribution in [3.8, 4) is 5.75 Å². The lowest BCUT2D eigenvalue weighted by molar-refractivity contribution is 0.193. The average Bonchev–Trinajstić information content (AvgIpc) is 2.25. The molecule has 1 aromatic rings. The lowest BCUT2D eigenvalue weighted by Gasteiger charge is -2.20. The van der Waals surface area contributed by atoms with Gasteiger partial charge in [0.1, 0.15) is 5.75 Å². The molecule has 1 heteroatoms. The third-order valence-electron chi connectivity index (χ3n) is 2.93. The Balaban J connectivity index is 2.72. The summed E-state index contributed by atoms with van der Waals surface area (Å²) in [5, 5.41) is 0. The fraction of sp³-hybridized carbons (Fsp3) is 0.600. The van der Waals surface area contributed by atoms with Gasteiger partial charge in [-0.15, -0.1) is 0 Å². The minimum absolute atomic E-state index is 0.216. The molecule has 0 amide bonds. The van der Waals surface area contributed by atoms with Crippen molar-refractivity contribution in [2.45, 2.75) is 59.0 Å². The van der Waals surface area contributed by atoms with Crippen molar-refractivity contribution in [3.63, 3.8) is 0 Å². The van der Waals surface area contributed by atoms with Crippen LogP contribution in [0.3, 0.4) is 0 Å². The monoisotopic (exact) mass is 220 g/mol. The van der Waals surface area contributed by atoms with Gasteiger partial charge in [-0.3, -0.25) is 0 Å². The van der Waals surface area contributed by atoms with Gasteiger partial charge in [-0.1, -0.05) is 46.8 Å². The van der Waals surface area contributed by atoms with Gasteiger partial charge in [-0.25, -0.2) is 0 Å². The van der Waals surface area contributed by atoms with Crippen molar-refractivity contribution in [3.05, 3.63) is 29.8 Å². The average molecular weight is 220 g/mol. The minimum atomic E-state index is 0.216. The topological polar surface area (TPSA) is 9.23 Å². The summed E-state index contributed by atoms with van der Waals surface area (Å²) < 4.78 is 5.88. The van der Waals surface area contributed by atoms with Crippen LogP contribution in [0.1, 0.15) is 53.0 Å². The summed E-state index contributed by atoms with van der Waals surface area (Å²) in [7, 11) is 0. The van der Waals surface area contributed by atoms with Crippen LogP contribution in [0, 0.1) is 0 Å². The molecule has 0 atom stereocenters. The fourth-order valence-electron chi connectivity index (χ4n) is 1.68. The van der Waals surface area contributed by atoms with E-state index in [1.54, 1.807) is 0 Å². The van der Waals surface area contributed by atoms with Gasteiger partial charge in [-0.05, 0) is 36.0 Å². The van der Waals surface area contributed by atoms with Crippen molar-refractivity contribution in [2.24, 2.45) is 0 Å². The molecule has 0 heterocycles. The third-order valence-corrected chi connectivity index (χ3v) is 2.93. The Labute approximate surface area is 99.8 Å². The molecule has 1 nitrogen and oxygen atoms in total. The maximum Gasteiger partial charge on any atom is 0.119 e. The van der Waals surface area contributed by atoms with Gasteiger partial charge in [0.05, 0.1) is 6.10 Å². The summed E-state index contributed by atoms with van der Waals surface area (Å²) in [5.74, 6) is 0.988. The molecule has 90 valence electrons. The molecule has 16 heavy (non-hydrogen) atoms. The van der Waals surface area contributed by atoms with Crippen LogP contribution in [0.15, 0.2) is 24.3 Å². The Morgan fingerprint density at radius 3 is 1.88 bits per heavy atom. The molecule has 0 aliphatic heterocycles. The maximum absolute atomic E-state index is 5.88. The molecule has 0 aliphatic rings. The van der Waals surface area contributed by atoms with E-state index >= 15 is 0 Å². The van der Waals surface area contributed by atoms with E-state index in [4.69, 9.17) is 4.74 Å². The second kappa shape index (κ2) is 5.38. The number of ether oxygens (including phenoxy) is 1. The van der Waals surface area contributed by atoms with Crippen molar-refractivity contribution in [1.29, 1.82) is 0 Å². The van der Waals surface area contributed by atoms with Crippen LogP contribution in [-0.4, -0.2) is 6.10 Å². The largest absolute Gasteiger partial charge is 0.490 e. The van der Waals surface area contributed by atoms with E-state index in [-0.39, 0.29) is 5.41 Å². The first-order chi connectivity index (χ1) is 7.47. The van der Waals surface area contributed by atoms with E-state index < -0.39 is 0 Å². The van der Waals surface area contributed by atoms with E-state index in [9.17, 15) is 0 Å². The summed E-state index contributed by atoms with van der Waals surface area (Å²) in [6, 6.07) is 8.49. The molecule has 0 aliphatic carbocycles. The van der Waals surface area contributed by atoms with Crippen molar-refractivity contribution < 1.29 is 4.74 Å². The Morgan fingerprint density at radius 1 is 1.00 bits per heavy atom. The second-order valence-corrected chi connectivity index (χ2v) is 5.33. The number of benzene rings is 1. The summed E-state index contributed by atoms with van der Waals surface area (Å²) >= 11 is 0. The normalized spacial score (nSPS) is 11.9. The van der Waals surface area contributed by atoms with Gasteiger partial charge < -0.3 is 4.74 Å². The van der Waals surface area contributed by atoms with E-state index in [0.717, 1.165) is 18.6 Å². The van der Waals surface area contributed by atoms with Crippen LogP contribution in [0.4, 0.5) is 0 Å². The summed E-state index contributed by atoms with van der Waals surface area (Å²) in [6.45, 7) is 11.0. The van der Waals surface area contributed by atoms with Crippen LogP contribution in [-0.2, 0) is 5.41 Å². The number of hydrogen-bond donors (Lipinski definition) is 0. The zero-order valence-corrected chi connectivity index (χ0v) is 11.2. The van der Waals surface area contributed by atoms with E-state index in [2.05, 4.69) is 58.9 Å². The predicted molar refractivity (Wildman–Crippen MR) is 70.1 cm³/mol. The molecule has 1 aromatic carbocycles. The van der Waals surface area contributed by atoms with Gasteiger partial charge >= 0.3 is 0 Å². The van der Waals surface area contributed by atoms with Gasteiger partial charge in [0.15, 0.2) is 0 Å². The highest BCUT2D eigenvalue weighted by Gasteiger charge is 2.13. The summed E-state index contributed by atoms with van der Waals surface area (Å²) in [4.78, 5) is 0. The summed E-state index contributed by atoms with van der Waals surface area (Å²) in [5.41, 5.74) is 1.57. The maximum atomic E-state index is 5.88. The first-order valence-electron chi connectivity index (χ1n) is 6.24. The molecule has 0 aromatic heterocycles. The van der Waals surface area contributed by atoms with Gasteiger partial charge in [-0.2, -0.15) is 0 Å². The smallest absolute Gasteiger partial charge is 0.119 e. The van der Waals surface area contributed by atoms with Crippen molar-refractivity contribution in [2.75, 3.05) is 0 Å². The number of hydrogen-bond acceptors (Lipinski definition) is 1. The highest BCUT2D eigenvalue weighted by atomic mass is 16.5. The molecule has 0 bridgehead atoms. The summed E-state index contributed by atoms with van der Waals surface area (Å²) in [6.07, 6.45) is 2.48. The highest BCUT2D eigenvalue weighted by molar-refractivity contribution is 5.31. The quantitative estimate of drug-likeness (QED) is 0.723. The second-order valence-electron chi connectivity index (χ2n) is 5.33. The first-order valence-corrected chi connectivity index (χ1v) is 6.24. The van der Waals surface area contributed by atoms with Gasteiger partial charge in [0, 0.05) is 0 Å². The molecular formula is C15H24O. The zero-order valence-electron chi connectivity index (χ0n) is 11.2. The van der Waals surface area contributed by atoms with Crippen molar-refractivity contribution >= 4 is 0 Å². The molecular weight excluding hydrogens is 196 g/mol. The lowest BCUT2D eigenvalue weighted by Crippen LogP contribution is -2.14. The number of rotatable bonds is 4. The van der Waals surface area contributed by atoms with Crippen LogP contribution in [0.5, 0.6) is 5.75 Å². The molecule has 1 rings (SSSR count). The Hall–Kier alpha value is -0.980. The van der Waals surface area contributed by atoms with Crippen LogP contribution in [0.25, 0.3) is 0 Å². The predicted octanol–water partition coefficient (Wildman–Crippen LogP) is 4.55. The standard InChI is InChI=1S/C15H24O/c1-6-13(7-2)16-14-10-8-12(9-11-14)15(3,4)5/h8-11,13H,6-7H2,1-5H3. The fourth-order valence-corrected chi connectivity index (χ4v) is 1.68. The van der Waals surface area contributed by atoms with Crippen LogP contribution >= 0.6 is 0 Å². The third kappa shape index (κ3) is 3.55. The minimum Gasteiger partial charge on any atom is -0.490 e. The first kappa shape index (κ1) is 13.1. The van der Waals surface area contributed by atoms with E-state index in [1.165, 1.54) is 5.56 Å². The van der Waals surface area contributed by atoms with Crippen LogP contribution in [0.2, 0.25) is 0 Å². The van der Waals surface area contributed by atoms with Crippen molar-refractivity contribution in [1.82, 2.24) is 0 Å².